The van der Waals surface area contributed by atoms with Crippen molar-refractivity contribution in [3.63, 3.8) is 0 Å². The summed E-state index contributed by atoms with van der Waals surface area (Å²) in [5, 5.41) is 2.97. The molecule has 1 aromatic carbocycles. The second kappa shape index (κ2) is 5.51. The van der Waals surface area contributed by atoms with Crippen LogP contribution in [0.1, 0.15) is 12.5 Å². The third-order valence-corrected chi connectivity index (χ3v) is 2.05. The number of hydrogen-bond donors (Lipinski definition) is 1. The van der Waals surface area contributed by atoms with Gasteiger partial charge >= 0.3 is 0 Å². The molecule has 0 bridgehead atoms. The van der Waals surface area contributed by atoms with Gasteiger partial charge in [0.25, 0.3) is 0 Å². The molecule has 0 fully saturated rings. The molecule has 0 aliphatic carbocycles. The first-order valence-electron chi connectivity index (χ1n) is 4.90. The minimum absolute atomic E-state index is 0.197. The second-order valence-corrected chi connectivity index (χ2v) is 3.32. The highest BCUT2D eigenvalue weighted by Gasteiger charge is 2.10. The Kier molecular flexibility index (Phi) is 4.31. The molecule has 0 amide bonds. The van der Waals surface area contributed by atoms with E-state index in [4.69, 9.17) is 4.74 Å². The third kappa shape index (κ3) is 3.06. The fourth-order valence-electron chi connectivity index (χ4n) is 1.25. The van der Waals surface area contributed by atoms with Crippen LogP contribution in [-0.2, 0) is 6.54 Å². The summed E-state index contributed by atoms with van der Waals surface area (Å²) in [6.45, 7) is 6.00. The molecule has 2 nitrogen and oxygen atoms in total. The molecule has 82 valence electrons. The normalized spacial score (nSPS) is 12.2. The van der Waals surface area contributed by atoms with E-state index in [-0.39, 0.29) is 11.9 Å². The Labute approximate surface area is 89.8 Å². The van der Waals surface area contributed by atoms with Gasteiger partial charge in [0.15, 0.2) is 11.6 Å². The Morgan fingerprint density at radius 3 is 2.93 bits per heavy atom. The molecule has 1 atom stereocenters. The van der Waals surface area contributed by atoms with E-state index >= 15 is 0 Å². The maximum Gasteiger partial charge on any atom is 0.165 e. The highest BCUT2D eigenvalue weighted by atomic mass is 19.1. The molecule has 1 N–H and O–H groups in total. The molecule has 0 heterocycles. The van der Waals surface area contributed by atoms with Gasteiger partial charge in [-0.25, -0.2) is 4.39 Å². The lowest BCUT2D eigenvalue weighted by atomic mass is 10.2. The van der Waals surface area contributed by atoms with Crippen LogP contribution in [0.5, 0.6) is 5.75 Å². The molecule has 3 heteroatoms. The zero-order chi connectivity index (χ0) is 11.3. The molecule has 0 aliphatic rings. The van der Waals surface area contributed by atoms with E-state index in [2.05, 4.69) is 11.9 Å². The van der Waals surface area contributed by atoms with Gasteiger partial charge < -0.3 is 10.1 Å². The van der Waals surface area contributed by atoms with Crippen LogP contribution in [-0.4, -0.2) is 13.2 Å². The molecule has 0 aromatic heterocycles. The van der Waals surface area contributed by atoms with Crippen molar-refractivity contribution in [2.45, 2.75) is 19.6 Å². The topological polar surface area (TPSA) is 21.3 Å². The standard InChI is InChI=1S/C12H16FNO/c1-4-9(2)15-12-10(8-14-3)6-5-7-11(12)13/h4-7,9,14H,1,8H2,2-3H3. The van der Waals surface area contributed by atoms with Gasteiger partial charge in [-0.3, -0.25) is 0 Å². The van der Waals surface area contributed by atoms with E-state index in [1.165, 1.54) is 6.07 Å². The van der Waals surface area contributed by atoms with Crippen molar-refractivity contribution in [3.05, 3.63) is 42.2 Å². The summed E-state index contributed by atoms with van der Waals surface area (Å²) in [4.78, 5) is 0. The number of ether oxygens (including phenoxy) is 1. The van der Waals surface area contributed by atoms with E-state index in [1.807, 2.05) is 20.0 Å². The molecule has 0 radical (unpaired) electrons. The first-order valence-corrected chi connectivity index (χ1v) is 4.90. The van der Waals surface area contributed by atoms with Crippen molar-refractivity contribution in [1.82, 2.24) is 5.32 Å². The average molecular weight is 209 g/mol. The minimum Gasteiger partial charge on any atom is -0.483 e. The molecule has 0 aliphatic heterocycles. The van der Waals surface area contributed by atoms with Crippen LogP contribution in [0, 0.1) is 5.82 Å². The van der Waals surface area contributed by atoms with Crippen LogP contribution in [0.2, 0.25) is 0 Å². The molecule has 1 aromatic rings. The summed E-state index contributed by atoms with van der Waals surface area (Å²) in [7, 11) is 1.81. The third-order valence-electron chi connectivity index (χ3n) is 2.05. The lowest BCUT2D eigenvalue weighted by Gasteiger charge is -2.15. The van der Waals surface area contributed by atoms with Gasteiger partial charge in [0, 0.05) is 12.1 Å². The molecule has 1 rings (SSSR count). The van der Waals surface area contributed by atoms with Crippen LogP contribution >= 0.6 is 0 Å². The van der Waals surface area contributed by atoms with Crippen molar-refractivity contribution >= 4 is 0 Å². The summed E-state index contributed by atoms with van der Waals surface area (Å²) in [6, 6.07) is 4.91. The van der Waals surface area contributed by atoms with Crippen LogP contribution in [0.15, 0.2) is 30.9 Å². The van der Waals surface area contributed by atoms with Gasteiger partial charge in [-0.05, 0) is 20.0 Å². The van der Waals surface area contributed by atoms with E-state index in [0.717, 1.165) is 5.56 Å². The largest absolute Gasteiger partial charge is 0.483 e. The van der Waals surface area contributed by atoms with Crippen LogP contribution in [0.4, 0.5) is 4.39 Å². The van der Waals surface area contributed by atoms with Gasteiger partial charge in [0.1, 0.15) is 6.10 Å². The SMILES string of the molecule is C=CC(C)Oc1c(F)cccc1CNC. The van der Waals surface area contributed by atoms with E-state index in [9.17, 15) is 4.39 Å². The Morgan fingerprint density at radius 1 is 1.60 bits per heavy atom. The van der Waals surface area contributed by atoms with Gasteiger partial charge in [-0.15, -0.1) is 0 Å². The fourth-order valence-corrected chi connectivity index (χ4v) is 1.25. The maximum absolute atomic E-state index is 13.5. The molecule has 15 heavy (non-hydrogen) atoms. The number of halogens is 1. The van der Waals surface area contributed by atoms with Gasteiger partial charge in [-0.2, -0.15) is 0 Å². The highest BCUT2D eigenvalue weighted by Crippen LogP contribution is 2.23. The monoisotopic (exact) mass is 209 g/mol. The molecule has 1 unspecified atom stereocenters. The number of benzene rings is 1. The average Bonchev–Trinajstić information content (AvgIpc) is 2.23. The quantitative estimate of drug-likeness (QED) is 0.752. The molecule has 0 saturated heterocycles. The maximum atomic E-state index is 13.5. The summed E-state index contributed by atoms with van der Waals surface area (Å²) in [5.74, 6) is -0.0318. The van der Waals surface area contributed by atoms with Crippen molar-refractivity contribution in [1.29, 1.82) is 0 Å². The lowest BCUT2D eigenvalue weighted by molar-refractivity contribution is 0.254. The fraction of sp³-hybridized carbons (Fsp3) is 0.333. The van der Waals surface area contributed by atoms with Crippen LogP contribution in [0.25, 0.3) is 0 Å². The van der Waals surface area contributed by atoms with Crippen molar-refractivity contribution in [2.75, 3.05) is 7.05 Å². The Hall–Kier alpha value is -1.35. The van der Waals surface area contributed by atoms with Gasteiger partial charge in [-0.1, -0.05) is 24.8 Å². The predicted molar refractivity (Wildman–Crippen MR) is 59.5 cm³/mol. The summed E-state index contributed by atoms with van der Waals surface area (Å²) >= 11 is 0. The molecule has 0 saturated carbocycles. The minimum atomic E-state index is -0.337. The smallest absolute Gasteiger partial charge is 0.165 e. The Bertz CT molecular complexity index is 338. The molecular formula is C12H16FNO. The lowest BCUT2D eigenvalue weighted by Crippen LogP contribution is -2.13. The van der Waals surface area contributed by atoms with Crippen molar-refractivity contribution in [2.24, 2.45) is 0 Å². The van der Waals surface area contributed by atoms with Gasteiger partial charge in [0.2, 0.25) is 0 Å². The van der Waals surface area contributed by atoms with Crippen LogP contribution < -0.4 is 10.1 Å². The highest BCUT2D eigenvalue weighted by molar-refractivity contribution is 5.35. The number of para-hydroxylation sites is 1. The number of nitrogens with one attached hydrogen (secondary N) is 1. The number of rotatable bonds is 5. The van der Waals surface area contributed by atoms with E-state index in [1.54, 1.807) is 12.1 Å². The Morgan fingerprint density at radius 2 is 2.33 bits per heavy atom. The number of hydrogen-bond acceptors (Lipinski definition) is 2. The first kappa shape index (κ1) is 11.7. The second-order valence-electron chi connectivity index (χ2n) is 3.32. The predicted octanol–water partition coefficient (Wildman–Crippen LogP) is 2.50. The zero-order valence-corrected chi connectivity index (χ0v) is 9.09. The zero-order valence-electron chi connectivity index (χ0n) is 9.09. The van der Waals surface area contributed by atoms with Crippen molar-refractivity contribution in [3.8, 4) is 5.75 Å². The van der Waals surface area contributed by atoms with Gasteiger partial charge in [0.05, 0.1) is 0 Å². The van der Waals surface area contributed by atoms with Crippen LogP contribution in [0.3, 0.4) is 0 Å². The molecular weight excluding hydrogens is 193 g/mol. The Balaban J connectivity index is 2.96. The van der Waals surface area contributed by atoms with Crippen molar-refractivity contribution < 1.29 is 9.13 Å². The summed E-state index contributed by atoms with van der Waals surface area (Å²) in [6.07, 6.45) is 1.44. The molecule has 0 spiro atoms. The first-order chi connectivity index (χ1) is 7.19. The van der Waals surface area contributed by atoms with E-state index < -0.39 is 0 Å². The van der Waals surface area contributed by atoms with E-state index in [0.29, 0.717) is 12.3 Å². The summed E-state index contributed by atoms with van der Waals surface area (Å²) < 4.78 is 18.9. The summed E-state index contributed by atoms with van der Waals surface area (Å²) in [5.41, 5.74) is 0.811.